The van der Waals surface area contributed by atoms with Crippen LogP contribution in [0.15, 0.2) is 42.5 Å². The number of hydrogen-bond donors (Lipinski definition) is 1. The van der Waals surface area contributed by atoms with Gasteiger partial charge in [-0.3, -0.25) is 9.69 Å². The van der Waals surface area contributed by atoms with Crippen LogP contribution in [0.3, 0.4) is 0 Å². The maximum Gasteiger partial charge on any atom is 0.251 e. The smallest absolute Gasteiger partial charge is 0.251 e. The number of likely N-dealkylation sites (tertiary alicyclic amines) is 1. The number of hydrogen-bond acceptors (Lipinski definition) is 4. The summed E-state index contributed by atoms with van der Waals surface area (Å²) >= 11 is 6.47. The minimum atomic E-state index is -0.108. The Hall–Kier alpha value is -2.50. The van der Waals surface area contributed by atoms with Crippen molar-refractivity contribution in [1.29, 1.82) is 0 Å². The van der Waals surface area contributed by atoms with Gasteiger partial charge in [-0.1, -0.05) is 29.8 Å². The average Bonchev–Trinajstić information content (AvgIpc) is 3.24. The van der Waals surface area contributed by atoms with Crippen LogP contribution in [0.4, 0.5) is 0 Å². The van der Waals surface area contributed by atoms with E-state index >= 15 is 0 Å². The molecule has 1 atom stereocenters. The van der Waals surface area contributed by atoms with Gasteiger partial charge in [0.1, 0.15) is 0 Å². The molecule has 0 bridgehead atoms. The van der Waals surface area contributed by atoms with Crippen LogP contribution < -0.4 is 5.32 Å². The van der Waals surface area contributed by atoms with Crippen molar-refractivity contribution in [2.75, 3.05) is 19.6 Å². The molecule has 0 radical (unpaired) electrons. The molecule has 5 nitrogen and oxygen atoms in total. The second-order valence-electron chi connectivity index (χ2n) is 7.59. The molecule has 3 aromatic rings. The lowest BCUT2D eigenvalue weighted by molar-refractivity contribution is 0.0938. The Morgan fingerprint density at radius 3 is 2.48 bits per heavy atom. The summed E-state index contributed by atoms with van der Waals surface area (Å²) in [4.78, 5) is 24.4. The zero-order valence-corrected chi connectivity index (χ0v) is 17.5. The van der Waals surface area contributed by atoms with E-state index in [-0.39, 0.29) is 11.9 Å². The van der Waals surface area contributed by atoms with Crippen LogP contribution in [0.1, 0.15) is 46.2 Å². The van der Waals surface area contributed by atoms with Crippen molar-refractivity contribution in [1.82, 2.24) is 20.2 Å². The molecule has 1 aliphatic rings. The Kier molecular flexibility index (Phi) is 5.79. The highest BCUT2D eigenvalue weighted by atomic mass is 35.5. The fourth-order valence-corrected chi connectivity index (χ4v) is 4.16. The molecule has 0 aliphatic carbocycles. The summed E-state index contributed by atoms with van der Waals surface area (Å²) in [6, 6.07) is 13.4. The topological polar surface area (TPSA) is 58.1 Å². The number of nitrogens with zero attached hydrogens (tertiary/aromatic N) is 3. The number of aryl methyl sites for hydroxylation is 2. The van der Waals surface area contributed by atoms with Crippen LogP contribution in [0, 0.1) is 13.8 Å². The molecule has 2 heterocycles. The highest BCUT2D eigenvalue weighted by Crippen LogP contribution is 2.29. The van der Waals surface area contributed by atoms with Gasteiger partial charge in [0, 0.05) is 17.1 Å². The third kappa shape index (κ3) is 4.26. The van der Waals surface area contributed by atoms with Gasteiger partial charge < -0.3 is 5.32 Å². The number of fused-ring (bicyclic) bond motifs is 1. The first-order valence-corrected chi connectivity index (χ1v) is 10.4. The molecular weight excluding hydrogens is 384 g/mol. The van der Waals surface area contributed by atoms with Gasteiger partial charge in [0.05, 0.1) is 28.5 Å². The fraction of sp³-hybridized carbons (Fsp3) is 0.348. The van der Waals surface area contributed by atoms with E-state index in [1.807, 2.05) is 56.3 Å². The van der Waals surface area contributed by atoms with Crippen LogP contribution in [0.2, 0.25) is 5.02 Å². The quantitative estimate of drug-likeness (QED) is 0.676. The summed E-state index contributed by atoms with van der Waals surface area (Å²) in [7, 11) is 0. The predicted octanol–water partition coefficient (Wildman–Crippen LogP) is 4.47. The Balaban J connectivity index is 1.54. The maximum absolute atomic E-state index is 12.9. The molecule has 1 N–H and O–H groups in total. The molecule has 1 unspecified atom stereocenters. The molecular formula is C23H25ClN4O. The van der Waals surface area contributed by atoms with Crippen LogP contribution in [-0.4, -0.2) is 40.4 Å². The van der Waals surface area contributed by atoms with Crippen molar-refractivity contribution < 1.29 is 4.79 Å². The van der Waals surface area contributed by atoms with Gasteiger partial charge >= 0.3 is 0 Å². The zero-order chi connectivity index (χ0) is 20.4. The summed E-state index contributed by atoms with van der Waals surface area (Å²) in [5.74, 6) is -0.108. The van der Waals surface area contributed by atoms with Gasteiger partial charge in [-0.2, -0.15) is 0 Å². The highest BCUT2D eigenvalue weighted by molar-refractivity contribution is 6.31. The average molecular weight is 409 g/mol. The molecule has 6 heteroatoms. The minimum absolute atomic E-state index is 0.0697. The molecule has 2 aromatic carbocycles. The van der Waals surface area contributed by atoms with E-state index < -0.39 is 0 Å². The summed E-state index contributed by atoms with van der Waals surface area (Å²) < 4.78 is 0. The van der Waals surface area contributed by atoms with Gasteiger partial charge in [-0.15, -0.1) is 0 Å². The van der Waals surface area contributed by atoms with Crippen molar-refractivity contribution in [3.8, 4) is 0 Å². The van der Waals surface area contributed by atoms with E-state index in [2.05, 4.69) is 20.2 Å². The zero-order valence-electron chi connectivity index (χ0n) is 16.8. The van der Waals surface area contributed by atoms with E-state index in [0.717, 1.165) is 46.1 Å². The van der Waals surface area contributed by atoms with E-state index in [4.69, 9.17) is 11.6 Å². The van der Waals surface area contributed by atoms with Crippen molar-refractivity contribution in [2.24, 2.45) is 0 Å². The highest BCUT2D eigenvalue weighted by Gasteiger charge is 2.25. The summed E-state index contributed by atoms with van der Waals surface area (Å²) in [6.45, 7) is 6.43. The summed E-state index contributed by atoms with van der Waals surface area (Å²) in [5, 5.41) is 3.85. The van der Waals surface area contributed by atoms with E-state index in [9.17, 15) is 4.79 Å². The molecule has 0 spiro atoms. The van der Waals surface area contributed by atoms with E-state index in [0.29, 0.717) is 12.1 Å². The van der Waals surface area contributed by atoms with Gasteiger partial charge in [-0.05, 0) is 69.6 Å². The fourth-order valence-electron chi connectivity index (χ4n) is 3.90. The number of nitrogens with one attached hydrogen (secondary N) is 1. The van der Waals surface area contributed by atoms with E-state index in [1.54, 1.807) is 0 Å². The minimum Gasteiger partial charge on any atom is -0.350 e. The molecule has 1 aliphatic heterocycles. The number of carbonyl (C=O) groups excluding carboxylic acids is 1. The number of aromatic nitrogens is 2. The SMILES string of the molecule is Cc1nc2ccc(C(=O)NCC(c3ccccc3Cl)N3CCCC3)cc2nc1C. The molecule has 4 rings (SSSR count). The van der Waals surface area contributed by atoms with Crippen molar-refractivity contribution in [2.45, 2.75) is 32.7 Å². The third-order valence-electron chi connectivity index (χ3n) is 5.64. The Morgan fingerprint density at radius 2 is 1.76 bits per heavy atom. The summed E-state index contributed by atoms with van der Waals surface area (Å²) in [6.07, 6.45) is 2.36. The largest absolute Gasteiger partial charge is 0.350 e. The summed E-state index contributed by atoms with van der Waals surface area (Å²) in [5.41, 5.74) is 4.98. The number of benzene rings is 2. The first kappa shape index (κ1) is 19.8. The lowest BCUT2D eigenvalue weighted by atomic mass is 10.0. The second-order valence-corrected chi connectivity index (χ2v) is 8.00. The van der Waals surface area contributed by atoms with Gasteiger partial charge in [0.2, 0.25) is 0 Å². The molecule has 1 saturated heterocycles. The van der Waals surface area contributed by atoms with E-state index in [1.165, 1.54) is 12.8 Å². The van der Waals surface area contributed by atoms with Gasteiger partial charge in [-0.25, -0.2) is 9.97 Å². The van der Waals surface area contributed by atoms with Crippen molar-refractivity contribution in [3.63, 3.8) is 0 Å². The first-order chi connectivity index (χ1) is 14.0. The van der Waals surface area contributed by atoms with Crippen molar-refractivity contribution in [3.05, 3.63) is 70.0 Å². The van der Waals surface area contributed by atoms with Crippen molar-refractivity contribution >= 4 is 28.5 Å². The number of carbonyl (C=O) groups is 1. The molecule has 1 amide bonds. The Bertz CT molecular complexity index is 1050. The Labute approximate surface area is 176 Å². The molecule has 150 valence electrons. The standard InChI is InChI=1S/C23H25ClN4O/c1-15-16(2)27-21-13-17(9-10-20(21)26-15)23(29)25-14-22(28-11-5-6-12-28)18-7-3-4-8-19(18)24/h3-4,7-10,13,22H,5-6,11-12,14H2,1-2H3,(H,25,29). The molecule has 1 fully saturated rings. The Morgan fingerprint density at radius 1 is 1.07 bits per heavy atom. The van der Waals surface area contributed by atoms with Crippen LogP contribution in [-0.2, 0) is 0 Å². The van der Waals surface area contributed by atoms with Crippen LogP contribution >= 0.6 is 11.6 Å². The third-order valence-corrected chi connectivity index (χ3v) is 5.98. The van der Waals surface area contributed by atoms with Gasteiger partial charge in [0.15, 0.2) is 0 Å². The predicted molar refractivity (Wildman–Crippen MR) is 116 cm³/mol. The van der Waals surface area contributed by atoms with Crippen LogP contribution in [0.5, 0.6) is 0 Å². The monoisotopic (exact) mass is 408 g/mol. The number of halogens is 1. The molecule has 1 aromatic heterocycles. The lowest BCUT2D eigenvalue weighted by Crippen LogP contribution is -2.37. The molecule has 0 saturated carbocycles. The number of rotatable bonds is 5. The normalized spacial score (nSPS) is 15.6. The van der Waals surface area contributed by atoms with Crippen LogP contribution in [0.25, 0.3) is 11.0 Å². The first-order valence-electron chi connectivity index (χ1n) is 10.0. The van der Waals surface area contributed by atoms with Gasteiger partial charge in [0.25, 0.3) is 5.91 Å². The lowest BCUT2D eigenvalue weighted by Gasteiger charge is -2.29. The maximum atomic E-state index is 12.9. The second kappa shape index (κ2) is 8.47. The number of amides is 1. The molecule has 29 heavy (non-hydrogen) atoms.